The Kier molecular flexibility index (Phi) is 4.25. The number of sulfonamides is 1. The van der Waals surface area contributed by atoms with Crippen LogP contribution in [0.2, 0.25) is 5.02 Å². The van der Waals surface area contributed by atoms with E-state index < -0.39 is 10.0 Å². The van der Waals surface area contributed by atoms with Gasteiger partial charge in [-0.2, -0.15) is 0 Å². The number of aromatic nitrogens is 1. The van der Waals surface area contributed by atoms with Crippen molar-refractivity contribution in [1.29, 1.82) is 0 Å². The summed E-state index contributed by atoms with van der Waals surface area (Å²) in [6.45, 7) is 3.98. The zero-order valence-corrected chi connectivity index (χ0v) is 12.9. The number of benzene rings is 1. The predicted molar refractivity (Wildman–Crippen MR) is 77.1 cm³/mol. The van der Waals surface area contributed by atoms with E-state index in [9.17, 15) is 8.42 Å². The van der Waals surface area contributed by atoms with Crippen LogP contribution >= 0.6 is 22.9 Å². The highest BCUT2D eigenvalue weighted by molar-refractivity contribution is 7.89. The second-order valence-electron chi connectivity index (χ2n) is 4.00. The third-order valence-corrected chi connectivity index (χ3v) is 5.52. The lowest BCUT2D eigenvalue weighted by molar-refractivity contribution is 0.581. The van der Waals surface area contributed by atoms with Gasteiger partial charge >= 0.3 is 0 Å². The van der Waals surface area contributed by atoms with Crippen LogP contribution in [0, 0.1) is 13.8 Å². The van der Waals surface area contributed by atoms with E-state index in [1.54, 1.807) is 18.2 Å². The van der Waals surface area contributed by atoms with Crippen LogP contribution < -0.4 is 4.72 Å². The van der Waals surface area contributed by atoms with E-state index in [4.69, 9.17) is 11.6 Å². The van der Waals surface area contributed by atoms with Gasteiger partial charge in [-0.05, 0) is 26.0 Å². The van der Waals surface area contributed by atoms with E-state index in [1.165, 1.54) is 17.4 Å². The van der Waals surface area contributed by atoms with E-state index in [0.29, 0.717) is 0 Å². The van der Waals surface area contributed by atoms with Crippen molar-refractivity contribution >= 4 is 33.0 Å². The fourth-order valence-corrected chi connectivity index (χ4v) is 4.12. The average Bonchev–Trinajstić information content (AvgIpc) is 2.66. The lowest BCUT2D eigenvalue weighted by Crippen LogP contribution is -2.23. The Morgan fingerprint density at radius 2 is 2.00 bits per heavy atom. The third-order valence-electron chi connectivity index (χ3n) is 2.55. The molecule has 0 amide bonds. The molecule has 0 saturated heterocycles. The van der Waals surface area contributed by atoms with Gasteiger partial charge in [0.25, 0.3) is 0 Å². The highest BCUT2D eigenvalue weighted by Crippen LogP contribution is 2.22. The molecule has 0 radical (unpaired) electrons. The molecule has 0 aliphatic rings. The molecule has 0 aliphatic heterocycles. The molecule has 0 fully saturated rings. The first-order chi connectivity index (χ1) is 8.90. The number of nitrogens with zero attached hydrogens (tertiary/aromatic N) is 1. The molecular formula is C12H13ClN2O2S2. The first-order valence-corrected chi connectivity index (χ1v) is 8.25. The van der Waals surface area contributed by atoms with Gasteiger partial charge in [0.2, 0.25) is 10.0 Å². The molecule has 1 heterocycles. The third kappa shape index (κ3) is 3.33. The summed E-state index contributed by atoms with van der Waals surface area (Å²) in [6, 6.07) is 6.37. The minimum atomic E-state index is -3.60. The van der Waals surface area contributed by atoms with Gasteiger partial charge in [-0.15, -0.1) is 11.3 Å². The highest BCUT2D eigenvalue weighted by Gasteiger charge is 2.18. The van der Waals surface area contributed by atoms with Crippen molar-refractivity contribution < 1.29 is 8.42 Å². The van der Waals surface area contributed by atoms with Gasteiger partial charge in [-0.3, -0.25) is 0 Å². The van der Waals surface area contributed by atoms with Gasteiger partial charge in [0.1, 0.15) is 4.90 Å². The molecule has 7 heteroatoms. The molecule has 0 saturated carbocycles. The maximum atomic E-state index is 12.1. The summed E-state index contributed by atoms with van der Waals surface area (Å²) >= 11 is 7.38. The lowest BCUT2D eigenvalue weighted by atomic mass is 10.4. The molecule has 4 nitrogen and oxygen atoms in total. The number of rotatable bonds is 4. The van der Waals surface area contributed by atoms with Crippen molar-refractivity contribution in [3.05, 3.63) is 44.9 Å². The van der Waals surface area contributed by atoms with Crippen LogP contribution in [0.25, 0.3) is 0 Å². The van der Waals surface area contributed by atoms with Crippen LogP contribution in [0.4, 0.5) is 0 Å². The summed E-state index contributed by atoms with van der Waals surface area (Å²) in [5.74, 6) is 0. The smallest absolute Gasteiger partial charge is 0.242 e. The number of aryl methyl sites for hydroxylation is 2. The van der Waals surface area contributed by atoms with E-state index in [-0.39, 0.29) is 16.5 Å². The Morgan fingerprint density at radius 1 is 1.32 bits per heavy atom. The monoisotopic (exact) mass is 316 g/mol. The van der Waals surface area contributed by atoms with Gasteiger partial charge in [0.05, 0.1) is 15.7 Å². The SMILES string of the molecule is Cc1nc(C)c(CNS(=O)(=O)c2ccccc2Cl)s1. The number of nitrogens with one attached hydrogen (secondary N) is 1. The second-order valence-corrected chi connectivity index (χ2v) is 7.43. The maximum Gasteiger partial charge on any atom is 0.242 e. The quantitative estimate of drug-likeness (QED) is 0.943. The molecule has 1 N–H and O–H groups in total. The van der Waals surface area contributed by atoms with Gasteiger partial charge in [0, 0.05) is 11.4 Å². The molecule has 2 rings (SSSR count). The highest BCUT2D eigenvalue weighted by atomic mass is 35.5. The van der Waals surface area contributed by atoms with E-state index in [2.05, 4.69) is 9.71 Å². The maximum absolute atomic E-state index is 12.1. The Labute approximate surface area is 121 Å². The number of thiazole rings is 1. The topological polar surface area (TPSA) is 59.1 Å². The van der Waals surface area contributed by atoms with Crippen molar-refractivity contribution in [2.75, 3.05) is 0 Å². The Hall–Kier alpha value is -0.950. The van der Waals surface area contributed by atoms with Gasteiger partial charge in [-0.25, -0.2) is 18.1 Å². The molecule has 1 aromatic carbocycles. The fraction of sp³-hybridized carbons (Fsp3) is 0.250. The summed E-state index contributed by atoms with van der Waals surface area (Å²) < 4.78 is 26.8. The normalized spacial score (nSPS) is 11.7. The Bertz CT molecular complexity index is 696. The summed E-state index contributed by atoms with van der Waals surface area (Å²) in [5, 5.41) is 1.14. The largest absolute Gasteiger partial charge is 0.247 e. The van der Waals surface area contributed by atoms with Gasteiger partial charge < -0.3 is 0 Å². The standard InChI is InChI=1S/C12H13ClN2O2S2/c1-8-11(18-9(2)15-8)7-14-19(16,17)12-6-4-3-5-10(12)13/h3-6,14H,7H2,1-2H3. The molecule has 19 heavy (non-hydrogen) atoms. The number of hydrogen-bond acceptors (Lipinski definition) is 4. The van der Waals surface area contributed by atoms with Crippen LogP contribution in [0.1, 0.15) is 15.6 Å². The molecule has 2 aromatic rings. The van der Waals surface area contributed by atoms with Gasteiger partial charge in [0.15, 0.2) is 0 Å². The Morgan fingerprint density at radius 3 is 2.58 bits per heavy atom. The van der Waals surface area contributed by atoms with Crippen molar-refractivity contribution in [2.24, 2.45) is 0 Å². The first kappa shape index (κ1) is 14.5. The summed E-state index contributed by atoms with van der Waals surface area (Å²) in [5.41, 5.74) is 0.851. The molecule has 0 unspecified atom stereocenters. The minimum absolute atomic E-state index is 0.0931. The number of hydrogen-bond donors (Lipinski definition) is 1. The van der Waals surface area contributed by atoms with Crippen LogP contribution in [-0.2, 0) is 16.6 Å². The summed E-state index contributed by atoms with van der Waals surface area (Å²) in [6.07, 6.45) is 0. The summed E-state index contributed by atoms with van der Waals surface area (Å²) in [4.78, 5) is 5.26. The number of halogens is 1. The molecule has 1 aromatic heterocycles. The molecule has 102 valence electrons. The van der Waals surface area contributed by atoms with Crippen molar-refractivity contribution in [3.8, 4) is 0 Å². The molecule has 0 aliphatic carbocycles. The van der Waals surface area contributed by atoms with Crippen LogP contribution in [0.3, 0.4) is 0 Å². The molecular weight excluding hydrogens is 304 g/mol. The van der Waals surface area contributed by atoms with Crippen LogP contribution in [-0.4, -0.2) is 13.4 Å². The van der Waals surface area contributed by atoms with E-state index >= 15 is 0 Å². The van der Waals surface area contributed by atoms with E-state index in [1.807, 2.05) is 13.8 Å². The first-order valence-electron chi connectivity index (χ1n) is 5.57. The zero-order chi connectivity index (χ0) is 14.0. The Balaban J connectivity index is 2.19. The van der Waals surface area contributed by atoms with Crippen molar-refractivity contribution in [3.63, 3.8) is 0 Å². The van der Waals surface area contributed by atoms with Crippen LogP contribution in [0.5, 0.6) is 0 Å². The lowest BCUT2D eigenvalue weighted by Gasteiger charge is -2.07. The van der Waals surface area contributed by atoms with Crippen molar-refractivity contribution in [1.82, 2.24) is 9.71 Å². The summed E-state index contributed by atoms with van der Waals surface area (Å²) in [7, 11) is -3.60. The zero-order valence-electron chi connectivity index (χ0n) is 10.5. The molecule has 0 spiro atoms. The average molecular weight is 317 g/mol. The molecule has 0 atom stereocenters. The predicted octanol–water partition coefficient (Wildman–Crippen LogP) is 2.89. The van der Waals surface area contributed by atoms with Crippen molar-refractivity contribution in [2.45, 2.75) is 25.3 Å². The van der Waals surface area contributed by atoms with Gasteiger partial charge in [-0.1, -0.05) is 23.7 Å². The van der Waals surface area contributed by atoms with Crippen LogP contribution in [0.15, 0.2) is 29.2 Å². The second kappa shape index (κ2) is 5.58. The minimum Gasteiger partial charge on any atom is -0.247 e. The molecule has 0 bridgehead atoms. The van der Waals surface area contributed by atoms with E-state index in [0.717, 1.165) is 15.6 Å². The fourth-order valence-electron chi connectivity index (χ4n) is 1.64.